The van der Waals surface area contributed by atoms with Gasteiger partial charge in [0.1, 0.15) is 23.0 Å². The summed E-state index contributed by atoms with van der Waals surface area (Å²) in [5, 5.41) is 5.90. The van der Waals surface area contributed by atoms with E-state index in [0.29, 0.717) is 18.4 Å². The molecule has 2 saturated heterocycles. The molecule has 2 aromatic carbocycles. The van der Waals surface area contributed by atoms with E-state index in [9.17, 15) is 22.8 Å². The molecule has 0 radical (unpaired) electrons. The van der Waals surface area contributed by atoms with Crippen LogP contribution in [0.25, 0.3) is 11.1 Å². The summed E-state index contributed by atoms with van der Waals surface area (Å²) in [5.74, 6) is -0.785. The van der Waals surface area contributed by atoms with Crippen LogP contribution in [0.4, 0.5) is 28.2 Å². The minimum absolute atomic E-state index is 0.0727. The highest BCUT2D eigenvalue weighted by Crippen LogP contribution is 2.29. The zero-order valence-electron chi connectivity index (χ0n) is 27.3. The van der Waals surface area contributed by atoms with Crippen molar-refractivity contribution in [1.82, 2.24) is 20.5 Å². The predicted octanol–water partition coefficient (Wildman–Crippen LogP) is 6.67. The van der Waals surface area contributed by atoms with E-state index in [4.69, 9.17) is 4.74 Å². The van der Waals surface area contributed by atoms with E-state index in [0.717, 1.165) is 69.1 Å². The molecule has 258 valence electrons. The number of ether oxygens (including phenoxy) is 2. The first-order chi connectivity index (χ1) is 22.7. The quantitative estimate of drug-likeness (QED) is 0.258. The Morgan fingerprint density at radius 3 is 2.12 bits per heavy atom. The van der Waals surface area contributed by atoms with Crippen molar-refractivity contribution in [2.45, 2.75) is 77.0 Å². The van der Waals surface area contributed by atoms with Crippen molar-refractivity contribution in [3.05, 3.63) is 77.7 Å². The molecule has 0 saturated carbocycles. The highest BCUT2D eigenvalue weighted by Gasteiger charge is 2.31. The highest BCUT2D eigenvalue weighted by atomic mass is 19.4. The number of nitrogens with zero attached hydrogens (tertiary/aromatic N) is 3. The fraction of sp³-hybridized carbons (Fsp3) is 0.457. The molecule has 3 heterocycles. The Kier molecular flexibility index (Phi) is 10.8. The lowest BCUT2D eigenvalue weighted by molar-refractivity contribution is -0.274. The first kappa shape index (κ1) is 34.9. The smallest absolute Gasteiger partial charge is 0.444 e. The summed E-state index contributed by atoms with van der Waals surface area (Å²) in [4.78, 5) is 34.3. The van der Waals surface area contributed by atoms with Gasteiger partial charge in [-0.1, -0.05) is 30.3 Å². The van der Waals surface area contributed by atoms with Crippen LogP contribution in [0.5, 0.6) is 5.75 Å². The van der Waals surface area contributed by atoms with Crippen LogP contribution in [0.3, 0.4) is 0 Å². The Balaban J connectivity index is 1.07. The fourth-order valence-corrected chi connectivity index (χ4v) is 5.95. The number of halogens is 4. The molecule has 9 nitrogen and oxygen atoms in total. The predicted molar refractivity (Wildman–Crippen MR) is 173 cm³/mol. The minimum Gasteiger partial charge on any atom is -0.444 e. The number of pyridine rings is 1. The largest absolute Gasteiger partial charge is 0.573 e. The van der Waals surface area contributed by atoms with Gasteiger partial charge in [-0.05, 0) is 81.8 Å². The Morgan fingerprint density at radius 1 is 0.875 bits per heavy atom. The maximum atomic E-state index is 15.4. The zero-order chi connectivity index (χ0) is 34.5. The van der Waals surface area contributed by atoms with Gasteiger partial charge in [0.25, 0.3) is 5.91 Å². The molecule has 2 aliphatic rings. The van der Waals surface area contributed by atoms with E-state index in [1.54, 1.807) is 6.07 Å². The molecule has 13 heteroatoms. The van der Waals surface area contributed by atoms with Crippen molar-refractivity contribution in [2.75, 3.05) is 31.1 Å². The van der Waals surface area contributed by atoms with Crippen LogP contribution in [0, 0.1) is 5.82 Å². The molecule has 48 heavy (non-hydrogen) atoms. The van der Waals surface area contributed by atoms with Crippen molar-refractivity contribution >= 4 is 17.8 Å². The normalized spacial score (nSPS) is 16.8. The zero-order valence-corrected chi connectivity index (χ0v) is 27.3. The molecule has 0 spiro atoms. The summed E-state index contributed by atoms with van der Waals surface area (Å²) in [6, 6.07) is 13.3. The third-order valence-corrected chi connectivity index (χ3v) is 8.32. The van der Waals surface area contributed by atoms with Gasteiger partial charge in [0.15, 0.2) is 0 Å². The molecule has 1 aromatic heterocycles. The number of alkyl halides is 3. The highest BCUT2D eigenvalue weighted by molar-refractivity contribution is 5.96. The minimum atomic E-state index is -4.83. The first-order valence-electron chi connectivity index (χ1n) is 16.1. The average molecular weight is 672 g/mol. The molecule has 0 aliphatic carbocycles. The van der Waals surface area contributed by atoms with E-state index in [1.807, 2.05) is 33.0 Å². The molecule has 0 unspecified atom stereocenters. The fourth-order valence-electron chi connectivity index (χ4n) is 5.95. The van der Waals surface area contributed by atoms with Crippen LogP contribution in [0.15, 0.2) is 60.8 Å². The lowest BCUT2D eigenvalue weighted by atomic mass is 10.0. The number of piperidine rings is 2. The van der Waals surface area contributed by atoms with Gasteiger partial charge in [-0.3, -0.25) is 9.69 Å². The van der Waals surface area contributed by atoms with Gasteiger partial charge in [-0.25, -0.2) is 14.2 Å². The lowest BCUT2D eigenvalue weighted by Gasteiger charge is -2.34. The van der Waals surface area contributed by atoms with Crippen molar-refractivity contribution in [3.63, 3.8) is 0 Å². The molecule has 0 atom stereocenters. The van der Waals surface area contributed by atoms with E-state index in [1.165, 1.54) is 24.3 Å². The van der Waals surface area contributed by atoms with E-state index >= 15 is 4.39 Å². The molecule has 2 aliphatic heterocycles. The Morgan fingerprint density at radius 2 is 1.52 bits per heavy atom. The second-order valence-electron chi connectivity index (χ2n) is 13.2. The number of amides is 2. The van der Waals surface area contributed by atoms with Gasteiger partial charge in [0.05, 0.1) is 5.56 Å². The number of carbonyl (C=O) groups is 2. The van der Waals surface area contributed by atoms with Crippen LogP contribution >= 0.6 is 0 Å². The van der Waals surface area contributed by atoms with Crippen molar-refractivity contribution in [1.29, 1.82) is 0 Å². The molecule has 5 rings (SSSR count). The number of nitrogens with one attached hydrogen (secondary N) is 2. The van der Waals surface area contributed by atoms with Crippen LogP contribution in [-0.2, 0) is 11.3 Å². The summed E-state index contributed by atoms with van der Waals surface area (Å²) in [5.41, 5.74) is 0.861. The van der Waals surface area contributed by atoms with Crippen LogP contribution in [-0.4, -0.2) is 72.1 Å². The summed E-state index contributed by atoms with van der Waals surface area (Å²) in [6.07, 6.45) is -0.303. The second kappa shape index (κ2) is 14.8. The van der Waals surface area contributed by atoms with Crippen LogP contribution < -0.4 is 20.3 Å². The Bertz CT molecular complexity index is 1550. The number of hydrogen-bond donors (Lipinski definition) is 2. The van der Waals surface area contributed by atoms with Gasteiger partial charge in [-0.2, -0.15) is 0 Å². The monoisotopic (exact) mass is 671 g/mol. The standard InChI is InChI=1S/C35H41F4N5O4/c1-34(2,3)48-33(46)42-26-15-19-44(20-16-26)30-12-7-23(21-40-30)22-43-17-13-25(14-18-43)41-32(45)29-6-4-5-28(31(29)36)24-8-10-27(11-9-24)47-35(37,38)39/h4-12,21,25-26H,13-20,22H2,1-3H3,(H,41,45)(H,42,46). The summed E-state index contributed by atoms with van der Waals surface area (Å²) < 4.78 is 62.1. The first-order valence-corrected chi connectivity index (χ1v) is 16.1. The van der Waals surface area contributed by atoms with Crippen LogP contribution in [0.1, 0.15) is 62.4 Å². The van der Waals surface area contributed by atoms with Crippen molar-refractivity contribution < 1.29 is 36.6 Å². The molecule has 2 amide bonds. The van der Waals surface area contributed by atoms with Gasteiger partial charge in [-0.15, -0.1) is 13.2 Å². The number of carbonyl (C=O) groups excluding carboxylic acids is 2. The number of aromatic nitrogens is 1. The van der Waals surface area contributed by atoms with E-state index < -0.39 is 29.4 Å². The number of benzene rings is 2. The molecule has 3 aromatic rings. The van der Waals surface area contributed by atoms with E-state index in [-0.39, 0.29) is 29.3 Å². The van der Waals surface area contributed by atoms with Gasteiger partial charge in [0, 0.05) is 56.6 Å². The number of rotatable bonds is 8. The summed E-state index contributed by atoms with van der Waals surface area (Å²) >= 11 is 0. The summed E-state index contributed by atoms with van der Waals surface area (Å²) in [6.45, 7) is 9.32. The maximum Gasteiger partial charge on any atom is 0.573 e. The third-order valence-electron chi connectivity index (χ3n) is 8.32. The van der Waals surface area contributed by atoms with Gasteiger partial charge in [0.2, 0.25) is 0 Å². The van der Waals surface area contributed by atoms with Gasteiger partial charge >= 0.3 is 12.5 Å². The topological polar surface area (TPSA) is 96.0 Å². The second-order valence-corrected chi connectivity index (χ2v) is 13.2. The number of likely N-dealkylation sites (tertiary alicyclic amines) is 1. The molecular weight excluding hydrogens is 630 g/mol. The van der Waals surface area contributed by atoms with Crippen molar-refractivity contribution in [3.8, 4) is 16.9 Å². The number of anilines is 1. The number of hydrogen-bond acceptors (Lipinski definition) is 7. The SMILES string of the molecule is CC(C)(C)OC(=O)NC1CCN(c2ccc(CN3CCC(NC(=O)c4cccc(-c5ccc(OC(F)(F)F)cc5)c4F)CC3)cn2)CC1. The Labute approximate surface area is 277 Å². The van der Waals surface area contributed by atoms with Crippen LogP contribution in [0.2, 0.25) is 0 Å². The lowest BCUT2D eigenvalue weighted by Crippen LogP contribution is -2.46. The molecule has 2 fully saturated rings. The van der Waals surface area contributed by atoms with Crippen molar-refractivity contribution in [2.24, 2.45) is 0 Å². The molecule has 0 bridgehead atoms. The number of alkyl carbamates (subject to hydrolysis) is 1. The maximum absolute atomic E-state index is 15.4. The third kappa shape index (κ3) is 9.82. The van der Waals surface area contributed by atoms with E-state index in [2.05, 4.69) is 36.2 Å². The molecule has 2 N–H and O–H groups in total. The summed E-state index contributed by atoms with van der Waals surface area (Å²) in [7, 11) is 0. The molecular formula is C35H41F4N5O4. The Hall–Kier alpha value is -4.39. The average Bonchev–Trinajstić information content (AvgIpc) is 3.02. The van der Waals surface area contributed by atoms with Gasteiger partial charge < -0.3 is 25.0 Å².